The van der Waals surface area contributed by atoms with Crippen LogP contribution in [0.2, 0.25) is 0 Å². The van der Waals surface area contributed by atoms with Crippen LogP contribution in [0.1, 0.15) is 50.4 Å². The summed E-state index contributed by atoms with van der Waals surface area (Å²) in [5.74, 6) is 0.595. The summed E-state index contributed by atoms with van der Waals surface area (Å²) in [7, 11) is 0. The van der Waals surface area contributed by atoms with Gasteiger partial charge in [0.1, 0.15) is 0 Å². The van der Waals surface area contributed by atoms with Crippen LogP contribution in [-0.2, 0) is 11.8 Å². The van der Waals surface area contributed by atoms with Gasteiger partial charge in [0, 0.05) is 17.3 Å². The number of aromatic nitrogens is 1. The second-order valence-corrected chi connectivity index (χ2v) is 6.17. The lowest BCUT2D eigenvalue weighted by molar-refractivity contribution is 0.505. The number of nitrogens with zero attached hydrogens (tertiary/aromatic N) is 1. The van der Waals surface area contributed by atoms with Gasteiger partial charge in [-0.05, 0) is 35.6 Å². The molecule has 0 radical (unpaired) electrons. The molecule has 0 unspecified atom stereocenters. The van der Waals surface area contributed by atoms with E-state index in [4.69, 9.17) is 0 Å². The van der Waals surface area contributed by atoms with Crippen LogP contribution < -0.4 is 0 Å². The molecule has 0 aliphatic rings. The lowest BCUT2D eigenvalue weighted by Crippen LogP contribution is -2.21. The molecule has 1 heterocycles. The van der Waals surface area contributed by atoms with Crippen molar-refractivity contribution in [2.24, 2.45) is 0 Å². The number of pyridine rings is 1. The maximum atomic E-state index is 4.49. The molecular formula is C18H23N. The van der Waals surface area contributed by atoms with E-state index in [1.165, 1.54) is 11.1 Å². The van der Waals surface area contributed by atoms with E-state index in [1.807, 2.05) is 12.3 Å². The summed E-state index contributed by atoms with van der Waals surface area (Å²) in [6.07, 6.45) is 2.89. The van der Waals surface area contributed by atoms with Crippen LogP contribution in [0.15, 0.2) is 48.7 Å². The fraction of sp³-hybridized carbons (Fsp3) is 0.389. The van der Waals surface area contributed by atoms with Crippen molar-refractivity contribution in [3.8, 4) is 0 Å². The molecule has 0 saturated carbocycles. The first-order chi connectivity index (χ1) is 8.99. The van der Waals surface area contributed by atoms with E-state index in [1.54, 1.807) is 0 Å². The Bertz CT molecular complexity index is 509. The fourth-order valence-corrected chi connectivity index (χ4v) is 2.38. The molecule has 0 fully saturated rings. The second-order valence-electron chi connectivity index (χ2n) is 6.17. The monoisotopic (exact) mass is 253 g/mol. The maximum Gasteiger partial charge on any atom is 0.0463 e. The molecule has 1 aromatic carbocycles. The minimum Gasteiger partial charge on any atom is -0.261 e. The number of benzene rings is 1. The van der Waals surface area contributed by atoms with E-state index < -0.39 is 0 Å². The van der Waals surface area contributed by atoms with Crippen LogP contribution in [0, 0.1) is 0 Å². The summed E-state index contributed by atoms with van der Waals surface area (Å²) < 4.78 is 0. The zero-order valence-electron chi connectivity index (χ0n) is 12.4. The Labute approximate surface area is 116 Å². The topological polar surface area (TPSA) is 12.9 Å². The predicted molar refractivity (Wildman–Crippen MR) is 81.5 cm³/mol. The van der Waals surface area contributed by atoms with E-state index in [0.717, 1.165) is 12.1 Å². The molecule has 0 spiro atoms. The minimum atomic E-state index is 0.0700. The average Bonchev–Trinajstić information content (AvgIpc) is 2.40. The molecule has 100 valence electrons. The SMILES string of the molecule is CC(C)c1ccc(CC(C)(C)c2ccccn2)cc1. The van der Waals surface area contributed by atoms with Gasteiger partial charge in [-0.1, -0.05) is 58.0 Å². The van der Waals surface area contributed by atoms with Crippen molar-refractivity contribution in [3.05, 3.63) is 65.5 Å². The van der Waals surface area contributed by atoms with Gasteiger partial charge in [-0.15, -0.1) is 0 Å². The van der Waals surface area contributed by atoms with Gasteiger partial charge in [-0.25, -0.2) is 0 Å². The molecule has 1 aromatic heterocycles. The van der Waals surface area contributed by atoms with Crippen molar-refractivity contribution < 1.29 is 0 Å². The lowest BCUT2D eigenvalue weighted by atomic mass is 9.82. The highest BCUT2D eigenvalue weighted by molar-refractivity contribution is 5.28. The van der Waals surface area contributed by atoms with Crippen molar-refractivity contribution in [2.75, 3.05) is 0 Å². The van der Waals surface area contributed by atoms with Gasteiger partial charge in [0.25, 0.3) is 0 Å². The minimum absolute atomic E-state index is 0.0700. The van der Waals surface area contributed by atoms with Crippen LogP contribution in [0.3, 0.4) is 0 Å². The number of hydrogen-bond donors (Lipinski definition) is 0. The Hall–Kier alpha value is -1.63. The Morgan fingerprint density at radius 3 is 2.21 bits per heavy atom. The van der Waals surface area contributed by atoms with Crippen LogP contribution in [-0.4, -0.2) is 4.98 Å². The van der Waals surface area contributed by atoms with Crippen molar-refractivity contribution in [1.29, 1.82) is 0 Å². The van der Waals surface area contributed by atoms with Gasteiger partial charge >= 0.3 is 0 Å². The normalized spacial score (nSPS) is 11.8. The molecule has 0 N–H and O–H groups in total. The lowest BCUT2D eigenvalue weighted by Gasteiger charge is -2.24. The zero-order chi connectivity index (χ0) is 13.9. The smallest absolute Gasteiger partial charge is 0.0463 e. The first kappa shape index (κ1) is 13.8. The third-order valence-electron chi connectivity index (χ3n) is 3.65. The fourth-order valence-electron chi connectivity index (χ4n) is 2.38. The van der Waals surface area contributed by atoms with Crippen molar-refractivity contribution in [2.45, 2.75) is 45.4 Å². The second kappa shape index (κ2) is 5.56. The summed E-state index contributed by atoms with van der Waals surface area (Å²) >= 11 is 0. The molecule has 2 rings (SSSR count). The van der Waals surface area contributed by atoms with Crippen LogP contribution >= 0.6 is 0 Å². The summed E-state index contributed by atoms with van der Waals surface area (Å²) in [6.45, 7) is 8.97. The molecule has 0 atom stereocenters. The quantitative estimate of drug-likeness (QED) is 0.768. The summed E-state index contributed by atoms with van der Waals surface area (Å²) in [5.41, 5.74) is 4.00. The molecule has 2 aromatic rings. The largest absolute Gasteiger partial charge is 0.261 e. The van der Waals surface area contributed by atoms with E-state index in [2.05, 4.69) is 69.1 Å². The Morgan fingerprint density at radius 2 is 1.68 bits per heavy atom. The van der Waals surface area contributed by atoms with Crippen molar-refractivity contribution in [1.82, 2.24) is 4.98 Å². The third-order valence-corrected chi connectivity index (χ3v) is 3.65. The molecule has 0 saturated heterocycles. The Kier molecular flexibility index (Phi) is 4.04. The maximum absolute atomic E-state index is 4.49. The summed E-state index contributed by atoms with van der Waals surface area (Å²) in [6, 6.07) is 15.1. The number of hydrogen-bond acceptors (Lipinski definition) is 1. The van der Waals surface area contributed by atoms with E-state index >= 15 is 0 Å². The van der Waals surface area contributed by atoms with Crippen LogP contribution in [0.25, 0.3) is 0 Å². The molecule has 0 aliphatic heterocycles. The highest BCUT2D eigenvalue weighted by Gasteiger charge is 2.22. The van der Waals surface area contributed by atoms with Gasteiger partial charge < -0.3 is 0 Å². The van der Waals surface area contributed by atoms with Crippen molar-refractivity contribution >= 4 is 0 Å². The Balaban J connectivity index is 2.16. The zero-order valence-corrected chi connectivity index (χ0v) is 12.4. The molecule has 0 bridgehead atoms. The average molecular weight is 253 g/mol. The van der Waals surface area contributed by atoms with Gasteiger partial charge in [0.2, 0.25) is 0 Å². The van der Waals surface area contributed by atoms with E-state index in [-0.39, 0.29) is 5.41 Å². The van der Waals surface area contributed by atoms with Crippen LogP contribution in [0.4, 0.5) is 0 Å². The van der Waals surface area contributed by atoms with Gasteiger partial charge in [-0.2, -0.15) is 0 Å². The van der Waals surface area contributed by atoms with Crippen LogP contribution in [0.5, 0.6) is 0 Å². The molecule has 1 heteroatoms. The summed E-state index contributed by atoms with van der Waals surface area (Å²) in [5, 5.41) is 0. The highest BCUT2D eigenvalue weighted by atomic mass is 14.7. The predicted octanol–water partition coefficient (Wildman–Crippen LogP) is 4.73. The van der Waals surface area contributed by atoms with Gasteiger partial charge in [-0.3, -0.25) is 4.98 Å². The molecular weight excluding hydrogens is 230 g/mol. The Morgan fingerprint density at radius 1 is 1.00 bits per heavy atom. The standard InChI is InChI=1S/C18H23N/c1-14(2)16-10-8-15(9-11-16)13-18(3,4)17-7-5-6-12-19-17/h5-12,14H,13H2,1-4H3. The van der Waals surface area contributed by atoms with Crippen molar-refractivity contribution in [3.63, 3.8) is 0 Å². The third kappa shape index (κ3) is 3.44. The molecule has 19 heavy (non-hydrogen) atoms. The highest BCUT2D eigenvalue weighted by Crippen LogP contribution is 2.26. The van der Waals surface area contributed by atoms with Gasteiger partial charge in [0.15, 0.2) is 0 Å². The van der Waals surface area contributed by atoms with E-state index in [9.17, 15) is 0 Å². The molecule has 0 aliphatic carbocycles. The first-order valence-corrected chi connectivity index (χ1v) is 6.99. The first-order valence-electron chi connectivity index (χ1n) is 6.99. The summed E-state index contributed by atoms with van der Waals surface area (Å²) in [4.78, 5) is 4.49. The molecule has 0 amide bonds. The molecule has 1 nitrogen and oxygen atoms in total. The number of rotatable bonds is 4. The van der Waals surface area contributed by atoms with Gasteiger partial charge in [0.05, 0.1) is 0 Å². The van der Waals surface area contributed by atoms with E-state index in [0.29, 0.717) is 5.92 Å².